The number of likely N-dealkylation sites (tertiary alicyclic amines) is 1. The zero-order chi connectivity index (χ0) is 20.4. The third-order valence-corrected chi connectivity index (χ3v) is 5.79. The molecular weight excluding hydrogens is 371 g/mol. The van der Waals surface area contributed by atoms with Crippen LogP contribution in [0.15, 0.2) is 30.5 Å². The van der Waals surface area contributed by atoms with Crippen LogP contribution in [0, 0.1) is 5.82 Å². The van der Waals surface area contributed by atoms with E-state index >= 15 is 0 Å². The number of amides is 2. The smallest absolute Gasteiger partial charge is 0.227 e. The van der Waals surface area contributed by atoms with Gasteiger partial charge in [-0.2, -0.15) is 0 Å². The van der Waals surface area contributed by atoms with E-state index in [2.05, 4.69) is 4.98 Å². The van der Waals surface area contributed by atoms with Gasteiger partial charge in [-0.3, -0.25) is 9.59 Å². The maximum atomic E-state index is 13.1. The first kappa shape index (κ1) is 19.5. The topological polar surface area (TPSA) is 66.4 Å². The van der Waals surface area contributed by atoms with Gasteiger partial charge >= 0.3 is 0 Å². The number of fused-ring (bicyclic) bond motifs is 1. The highest BCUT2D eigenvalue weighted by Crippen LogP contribution is 2.30. The number of carbonyl (C=O) groups excluding carboxylic acids is 2. The summed E-state index contributed by atoms with van der Waals surface area (Å²) >= 11 is 0. The third kappa shape index (κ3) is 4.28. The molecule has 0 saturated carbocycles. The predicted molar refractivity (Wildman–Crippen MR) is 105 cm³/mol. The second-order valence-electron chi connectivity index (χ2n) is 7.79. The van der Waals surface area contributed by atoms with E-state index in [1.165, 1.54) is 12.1 Å². The van der Waals surface area contributed by atoms with Gasteiger partial charge < -0.3 is 9.80 Å². The van der Waals surface area contributed by atoms with Crippen LogP contribution in [0.1, 0.15) is 54.9 Å². The number of nitrogens with zero attached hydrogens (tertiary/aromatic N) is 4. The molecule has 3 heterocycles. The van der Waals surface area contributed by atoms with E-state index in [0.717, 1.165) is 36.1 Å². The molecule has 0 radical (unpaired) electrons. The summed E-state index contributed by atoms with van der Waals surface area (Å²) in [6.07, 6.45) is 5.60. The van der Waals surface area contributed by atoms with Crippen molar-refractivity contribution in [3.63, 3.8) is 0 Å². The molecule has 2 aliphatic rings. The van der Waals surface area contributed by atoms with E-state index in [0.29, 0.717) is 31.9 Å². The van der Waals surface area contributed by atoms with Gasteiger partial charge in [-0.1, -0.05) is 12.1 Å². The van der Waals surface area contributed by atoms with Gasteiger partial charge in [0.05, 0.1) is 18.2 Å². The molecule has 1 fully saturated rings. The van der Waals surface area contributed by atoms with Crippen molar-refractivity contribution in [2.45, 2.75) is 51.6 Å². The summed E-state index contributed by atoms with van der Waals surface area (Å²) in [4.78, 5) is 37.6. The molecule has 0 N–H and O–H groups in total. The van der Waals surface area contributed by atoms with Gasteiger partial charge in [0.2, 0.25) is 11.8 Å². The summed E-state index contributed by atoms with van der Waals surface area (Å²) in [5.74, 6) is 0.463. The van der Waals surface area contributed by atoms with Gasteiger partial charge in [0, 0.05) is 44.7 Å². The Kier molecular flexibility index (Phi) is 5.56. The van der Waals surface area contributed by atoms with Crippen molar-refractivity contribution < 1.29 is 14.0 Å². The maximum absolute atomic E-state index is 13.1. The van der Waals surface area contributed by atoms with Crippen LogP contribution in [0.5, 0.6) is 0 Å². The number of carbonyl (C=O) groups is 2. The molecular formula is C22H25FN4O2. The minimum absolute atomic E-state index is 0.0189. The number of aromatic nitrogens is 2. The van der Waals surface area contributed by atoms with E-state index in [1.807, 2.05) is 11.1 Å². The third-order valence-electron chi connectivity index (χ3n) is 5.79. The zero-order valence-corrected chi connectivity index (χ0v) is 16.6. The molecule has 29 heavy (non-hydrogen) atoms. The van der Waals surface area contributed by atoms with Crippen molar-refractivity contribution in [3.8, 4) is 0 Å². The lowest BCUT2D eigenvalue weighted by Gasteiger charge is -2.35. The van der Waals surface area contributed by atoms with Crippen molar-refractivity contribution in [3.05, 3.63) is 58.9 Å². The average molecular weight is 396 g/mol. The molecule has 6 nitrogen and oxygen atoms in total. The summed E-state index contributed by atoms with van der Waals surface area (Å²) in [6, 6.07) is 5.94. The van der Waals surface area contributed by atoms with Crippen LogP contribution in [0.2, 0.25) is 0 Å². The van der Waals surface area contributed by atoms with Crippen molar-refractivity contribution in [2.24, 2.45) is 0 Å². The van der Waals surface area contributed by atoms with E-state index < -0.39 is 0 Å². The van der Waals surface area contributed by atoms with Crippen LogP contribution in [-0.4, -0.2) is 44.7 Å². The molecule has 0 bridgehead atoms. The molecule has 1 aromatic carbocycles. The standard InChI is InChI=1S/C22H25FN4O2/c1-15(28)26-11-9-19-17(14-26)13-24-22(25-19)20-4-2-3-10-27(20)21(29)12-16-5-7-18(23)8-6-16/h5-8,13,20H,2-4,9-12,14H2,1H3/t20-/m1/s1. The largest absolute Gasteiger partial charge is 0.338 e. The lowest BCUT2D eigenvalue weighted by atomic mass is 9.99. The van der Waals surface area contributed by atoms with E-state index in [1.54, 1.807) is 24.0 Å². The number of hydrogen-bond donors (Lipinski definition) is 0. The fourth-order valence-corrected chi connectivity index (χ4v) is 4.14. The fourth-order valence-electron chi connectivity index (χ4n) is 4.14. The number of rotatable bonds is 3. The second-order valence-corrected chi connectivity index (χ2v) is 7.79. The first-order valence-electron chi connectivity index (χ1n) is 10.2. The molecule has 0 aliphatic carbocycles. The summed E-state index contributed by atoms with van der Waals surface area (Å²) in [6.45, 7) is 3.47. The molecule has 0 unspecified atom stereocenters. The number of piperidine rings is 1. The number of halogens is 1. The monoisotopic (exact) mass is 396 g/mol. The Morgan fingerprint density at radius 1 is 1.17 bits per heavy atom. The molecule has 152 valence electrons. The van der Waals surface area contributed by atoms with E-state index in [4.69, 9.17) is 4.98 Å². The lowest BCUT2D eigenvalue weighted by molar-refractivity contribution is -0.134. The van der Waals surface area contributed by atoms with Gasteiger partial charge in [-0.25, -0.2) is 14.4 Å². The quantitative estimate of drug-likeness (QED) is 0.800. The normalized spacial score (nSPS) is 19.0. The van der Waals surface area contributed by atoms with Gasteiger partial charge in [0.1, 0.15) is 5.82 Å². The van der Waals surface area contributed by atoms with Gasteiger partial charge in [0.15, 0.2) is 5.82 Å². The zero-order valence-electron chi connectivity index (χ0n) is 16.6. The molecule has 2 aliphatic heterocycles. The highest BCUT2D eigenvalue weighted by Gasteiger charge is 2.31. The molecule has 1 atom stereocenters. The van der Waals surface area contributed by atoms with Crippen LogP contribution < -0.4 is 0 Å². The fraction of sp³-hybridized carbons (Fsp3) is 0.455. The summed E-state index contributed by atoms with van der Waals surface area (Å²) in [5.41, 5.74) is 2.76. The maximum Gasteiger partial charge on any atom is 0.227 e. The Labute approximate surface area is 169 Å². The Balaban J connectivity index is 1.52. The van der Waals surface area contributed by atoms with Crippen LogP contribution in [0.3, 0.4) is 0 Å². The number of hydrogen-bond acceptors (Lipinski definition) is 4. The van der Waals surface area contributed by atoms with Crippen LogP contribution >= 0.6 is 0 Å². The summed E-state index contributed by atoms with van der Waals surface area (Å²) in [5, 5.41) is 0. The van der Waals surface area contributed by atoms with Crippen molar-refractivity contribution >= 4 is 11.8 Å². The average Bonchev–Trinajstić information content (AvgIpc) is 2.74. The molecule has 1 saturated heterocycles. The Hall–Kier alpha value is -2.83. The van der Waals surface area contributed by atoms with E-state index in [-0.39, 0.29) is 30.1 Å². The molecule has 2 aromatic rings. The lowest BCUT2D eigenvalue weighted by Crippen LogP contribution is -2.40. The van der Waals surface area contributed by atoms with Crippen molar-refractivity contribution in [1.29, 1.82) is 0 Å². The Morgan fingerprint density at radius 3 is 2.72 bits per heavy atom. The first-order valence-corrected chi connectivity index (χ1v) is 10.2. The Morgan fingerprint density at radius 2 is 1.97 bits per heavy atom. The minimum atomic E-state index is -0.303. The highest BCUT2D eigenvalue weighted by molar-refractivity contribution is 5.79. The molecule has 7 heteroatoms. The van der Waals surface area contributed by atoms with Crippen molar-refractivity contribution in [2.75, 3.05) is 13.1 Å². The van der Waals surface area contributed by atoms with Crippen LogP contribution in [0.25, 0.3) is 0 Å². The molecule has 4 rings (SSSR count). The Bertz CT molecular complexity index is 916. The molecule has 2 amide bonds. The molecule has 1 aromatic heterocycles. The SMILES string of the molecule is CC(=O)N1CCc2nc([C@H]3CCCCN3C(=O)Cc3ccc(F)cc3)ncc2C1. The summed E-state index contributed by atoms with van der Waals surface area (Å²) in [7, 11) is 0. The van der Waals surface area contributed by atoms with Crippen LogP contribution in [0.4, 0.5) is 4.39 Å². The van der Waals surface area contributed by atoms with Gasteiger partial charge in [0.25, 0.3) is 0 Å². The first-order chi connectivity index (χ1) is 14.0. The minimum Gasteiger partial charge on any atom is -0.338 e. The number of benzene rings is 1. The molecule has 0 spiro atoms. The second kappa shape index (κ2) is 8.27. The van der Waals surface area contributed by atoms with Gasteiger partial charge in [-0.15, -0.1) is 0 Å². The van der Waals surface area contributed by atoms with Gasteiger partial charge in [-0.05, 0) is 37.0 Å². The van der Waals surface area contributed by atoms with E-state index in [9.17, 15) is 14.0 Å². The predicted octanol–water partition coefficient (Wildman–Crippen LogP) is 2.82. The van der Waals surface area contributed by atoms with Crippen LogP contribution in [-0.2, 0) is 29.0 Å². The highest BCUT2D eigenvalue weighted by atomic mass is 19.1. The summed E-state index contributed by atoms with van der Waals surface area (Å²) < 4.78 is 13.1. The van der Waals surface area contributed by atoms with Crippen molar-refractivity contribution in [1.82, 2.24) is 19.8 Å².